The third-order valence-corrected chi connectivity index (χ3v) is 8.61. The van der Waals surface area contributed by atoms with Gasteiger partial charge in [-0.05, 0) is 48.9 Å². The fraction of sp³-hybridized carbons (Fsp3) is 0.385. The number of anilines is 5. The lowest BCUT2D eigenvalue weighted by Gasteiger charge is -2.36. The van der Waals surface area contributed by atoms with Crippen molar-refractivity contribution in [2.24, 2.45) is 11.5 Å². The number of aliphatic hydroxyl groups is 2. The fourth-order valence-electron chi connectivity index (χ4n) is 5.31. The molecule has 0 saturated carbocycles. The molecule has 17 heteroatoms. The Kier molecular flexibility index (Phi) is 8.86. The van der Waals surface area contributed by atoms with Crippen molar-refractivity contribution in [3.05, 3.63) is 48.7 Å². The average molecular weight is 632 g/mol. The minimum Gasteiger partial charge on any atom is -0.391 e. The molecule has 2 aromatic carbocycles. The molecule has 43 heavy (non-hydrogen) atoms. The summed E-state index contributed by atoms with van der Waals surface area (Å²) in [5, 5.41) is 31.2. The monoisotopic (exact) mass is 631 g/mol. The number of hydrogen-bond donors (Lipinski definition) is 7. The van der Waals surface area contributed by atoms with Crippen LogP contribution in [0.1, 0.15) is 12.8 Å². The van der Waals surface area contributed by atoms with Crippen molar-refractivity contribution >= 4 is 62.6 Å². The van der Waals surface area contributed by atoms with Gasteiger partial charge >= 0.3 is 0 Å². The van der Waals surface area contributed by atoms with E-state index in [0.717, 1.165) is 5.39 Å². The number of H-pyrrole nitrogens is 1. The summed E-state index contributed by atoms with van der Waals surface area (Å²) in [6.07, 6.45) is 1.16. The molecule has 2 aliphatic heterocycles. The van der Waals surface area contributed by atoms with E-state index < -0.39 is 22.2 Å². The van der Waals surface area contributed by atoms with Gasteiger partial charge in [0.05, 0.1) is 34.5 Å². The number of aromatic nitrogens is 5. The highest BCUT2D eigenvalue weighted by molar-refractivity contribution is 7.92. The van der Waals surface area contributed by atoms with Crippen LogP contribution in [0.5, 0.6) is 0 Å². The van der Waals surface area contributed by atoms with Crippen molar-refractivity contribution in [3.63, 3.8) is 0 Å². The predicted molar refractivity (Wildman–Crippen MR) is 165 cm³/mol. The Morgan fingerprint density at radius 2 is 1.44 bits per heavy atom. The SMILES string of the molecule is Cl.N[C@@H]1C[C@H](N)CN(c2nc(Nc3ccc(S(=O)(=O)Nc4ccc5cn[nH]c5c4)cc3)nc(N3C[C@H](O)C[C@H](O)C3)n2)C1. The smallest absolute Gasteiger partial charge is 0.261 e. The molecule has 4 atom stereocenters. The lowest BCUT2D eigenvalue weighted by atomic mass is 10.0. The first kappa shape index (κ1) is 30.7. The number of aromatic amines is 1. The van der Waals surface area contributed by atoms with Crippen LogP contribution in [0, 0.1) is 0 Å². The average Bonchev–Trinajstić information content (AvgIpc) is 3.40. The molecule has 2 aliphatic rings. The molecule has 230 valence electrons. The number of fused-ring (bicyclic) bond motifs is 1. The molecule has 2 aromatic heterocycles. The van der Waals surface area contributed by atoms with Crippen LogP contribution in [0.25, 0.3) is 10.9 Å². The van der Waals surface area contributed by atoms with Crippen LogP contribution >= 0.6 is 12.4 Å². The quantitative estimate of drug-likeness (QED) is 0.148. The standard InChI is InChI=1S/C26H33N11O4S.ClH/c27-16-7-17(28)12-36(11-16)25-31-24(32-26(33-25)37-13-20(38)9-21(39)14-37)30-18-3-5-22(6-4-18)42(40,41)35-19-2-1-15-10-29-34-23(15)8-19;/h1-6,8,10,16-17,20-21,35,38-39H,7,9,11-14,27-28H2,(H,29,34)(H,30,31,32,33);1H/t16-,17+,20-,21+;. The van der Waals surface area contributed by atoms with E-state index in [1.165, 1.54) is 12.1 Å². The van der Waals surface area contributed by atoms with Crippen molar-refractivity contribution in [2.75, 3.05) is 46.0 Å². The lowest BCUT2D eigenvalue weighted by Crippen LogP contribution is -2.53. The van der Waals surface area contributed by atoms with Gasteiger partial charge in [-0.25, -0.2) is 8.42 Å². The molecule has 0 unspecified atom stereocenters. The third-order valence-electron chi connectivity index (χ3n) is 7.21. The summed E-state index contributed by atoms with van der Waals surface area (Å²) in [4.78, 5) is 17.4. The number of benzene rings is 2. The number of nitrogens with one attached hydrogen (secondary N) is 3. The zero-order valence-electron chi connectivity index (χ0n) is 23.0. The molecule has 0 radical (unpaired) electrons. The van der Waals surface area contributed by atoms with Gasteiger partial charge in [0.25, 0.3) is 10.0 Å². The highest BCUT2D eigenvalue weighted by Crippen LogP contribution is 2.26. The van der Waals surface area contributed by atoms with Crippen molar-refractivity contribution in [3.8, 4) is 0 Å². The topological polar surface area (TPSA) is 225 Å². The maximum Gasteiger partial charge on any atom is 0.261 e. The van der Waals surface area contributed by atoms with Gasteiger partial charge in [0.2, 0.25) is 17.8 Å². The van der Waals surface area contributed by atoms with Crippen molar-refractivity contribution in [1.82, 2.24) is 25.1 Å². The Bertz CT molecular complexity index is 1610. The van der Waals surface area contributed by atoms with E-state index in [1.54, 1.807) is 41.4 Å². The normalized spacial score (nSPS) is 22.7. The number of rotatable bonds is 7. The summed E-state index contributed by atoms with van der Waals surface area (Å²) in [5.74, 6) is 0.852. The summed E-state index contributed by atoms with van der Waals surface area (Å²) in [7, 11) is -3.86. The highest BCUT2D eigenvalue weighted by atomic mass is 35.5. The van der Waals surface area contributed by atoms with Crippen molar-refractivity contribution in [2.45, 2.75) is 42.0 Å². The number of aliphatic hydroxyl groups excluding tert-OH is 2. The molecule has 6 rings (SSSR count). The Labute approximate surface area is 254 Å². The molecule has 9 N–H and O–H groups in total. The highest BCUT2D eigenvalue weighted by Gasteiger charge is 2.29. The molecule has 0 bridgehead atoms. The molecule has 4 aromatic rings. The summed E-state index contributed by atoms with van der Waals surface area (Å²) in [6, 6.07) is 11.0. The second kappa shape index (κ2) is 12.4. The summed E-state index contributed by atoms with van der Waals surface area (Å²) < 4.78 is 28.6. The number of piperidine rings is 2. The summed E-state index contributed by atoms with van der Waals surface area (Å²) in [6.45, 7) is 1.53. The van der Waals surface area contributed by atoms with Gasteiger partial charge in [-0.3, -0.25) is 9.82 Å². The van der Waals surface area contributed by atoms with Gasteiger partial charge < -0.3 is 36.8 Å². The second-order valence-electron chi connectivity index (χ2n) is 10.8. The minimum atomic E-state index is -3.86. The van der Waals surface area contributed by atoms with Crippen LogP contribution in [-0.2, 0) is 10.0 Å². The van der Waals surface area contributed by atoms with Crippen molar-refractivity contribution < 1.29 is 18.6 Å². The van der Waals surface area contributed by atoms with Crippen LogP contribution in [0.15, 0.2) is 53.6 Å². The maximum absolute atomic E-state index is 13.0. The van der Waals surface area contributed by atoms with E-state index in [1.807, 2.05) is 4.90 Å². The van der Waals surface area contributed by atoms with Crippen LogP contribution in [0.4, 0.5) is 29.2 Å². The number of nitrogens with zero attached hydrogens (tertiary/aromatic N) is 6. The van der Waals surface area contributed by atoms with Gasteiger partial charge in [-0.2, -0.15) is 20.1 Å². The van der Waals surface area contributed by atoms with E-state index in [-0.39, 0.29) is 60.8 Å². The van der Waals surface area contributed by atoms with E-state index >= 15 is 0 Å². The van der Waals surface area contributed by atoms with Crippen LogP contribution < -0.4 is 31.3 Å². The van der Waals surface area contributed by atoms with E-state index in [4.69, 9.17) is 11.5 Å². The largest absolute Gasteiger partial charge is 0.391 e. The predicted octanol–water partition coefficient (Wildman–Crippen LogP) is 0.511. The number of sulfonamides is 1. The molecule has 2 fully saturated rings. The maximum atomic E-state index is 13.0. The Balaban J connectivity index is 0.00000368. The summed E-state index contributed by atoms with van der Waals surface area (Å²) in [5.41, 5.74) is 14.1. The lowest BCUT2D eigenvalue weighted by molar-refractivity contribution is 0.0645. The van der Waals surface area contributed by atoms with E-state index in [0.29, 0.717) is 42.4 Å². The van der Waals surface area contributed by atoms with Crippen LogP contribution in [0.3, 0.4) is 0 Å². The number of halogens is 1. The molecule has 15 nitrogen and oxygen atoms in total. The molecule has 4 heterocycles. The third kappa shape index (κ3) is 7.06. The zero-order chi connectivity index (χ0) is 29.4. The Hall–Kier alpha value is -3.80. The van der Waals surface area contributed by atoms with E-state index in [9.17, 15) is 18.6 Å². The Morgan fingerprint density at radius 1 is 0.837 bits per heavy atom. The van der Waals surface area contributed by atoms with Gasteiger partial charge in [0.15, 0.2) is 0 Å². The van der Waals surface area contributed by atoms with Crippen LogP contribution in [0.2, 0.25) is 0 Å². The number of nitrogens with two attached hydrogens (primary N) is 2. The first-order valence-electron chi connectivity index (χ1n) is 13.6. The van der Waals surface area contributed by atoms with Gasteiger partial charge in [0, 0.05) is 55.8 Å². The molecule has 0 spiro atoms. The second-order valence-corrected chi connectivity index (χ2v) is 12.5. The molecular formula is C26H34ClN11O4S. The minimum absolute atomic E-state index is 0. The number of β-amino-alcohol motifs (C(OH)–C–C–N with tert-alkyl or cyclic N) is 2. The van der Waals surface area contributed by atoms with Crippen molar-refractivity contribution in [1.29, 1.82) is 0 Å². The fourth-order valence-corrected chi connectivity index (χ4v) is 6.35. The van der Waals surface area contributed by atoms with Gasteiger partial charge in [-0.1, -0.05) is 0 Å². The molecule has 2 saturated heterocycles. The van der Waals surface area contributed by atoms with Crippen LogP contribution in [-0.4, -0.2) is 94.3 Å². The van der Waals surface area contributed by atoms with Gasteiger partial charge in [0.1, 0.15) is 0 Å². The zero-order valence-corrected chi connectivity index (χ0v) is 24.7. The first-order valence-corrected chi connectivity index (χ1v) is 15.1. The summed E-state index contributed by atoms with van der Waals surface area (Å²) >= 11 is 0. The molecule has 0 aliphatic carbocycles. The number of hydrogen-bond acceptors (Lipinski definition) is 13. The molecular weight excluding hydrogens is 598 g/mol. The van der Waals surface area contributed by atoms with Gasteiger partial charge in [-0.15, -0.1) is 12.4 Å². The first-order chi connectivity index (χ1) is 20.1. The van der Waals surface area contributed by atoms with E-state index in [2.05, 4.69) is 35.2 Å². The Morgan fingerprint density at radius 3 is 2.09 bits per heavy atom. The molecule has 0 amide bonds.